The number of non-ortho nitro benzene ring substituents is 1. The fraction of sp³-hybridized carbons (Fsp3) is 0.412. The van der Waals surface area contributed by atoms with Crippen molar-refractivity contribution >= 4 is 23.6 Å². The van der Waals surface area contributed by atoms with E-state index in [4.69, 9.17) is 4.74 Å². The number of nitro benzene ring substituents is 1. The summed E-state index contributed by atoms with van der Waals surface area (Å²) < 4.78 is 4.83. The number of rotatable bonds is 9. The number of ether oxygens (including phenoxy) is 1. The molecule has 0 aromatic heterocycles. The molecule has 7 heteroatoms. The van der Waals surface area contributed by atoms with Gasteiger partial charge in [-0.25, -0.2) is 4.79 Å². The molecule has 0 unspecified atom stereocenters. The quantitative estimate of drug-likeness (QED) is 0.423. The maximum Gasteiger partial charge on any atom is 0.407 e. The van der Waals surface area contributed by atoms with Crippen LogP contribution < -0.4 is 5.32 Å². The highest BCUT2D eigenvalue weighted by Gasteiger charge is 2.15. The smallest absolute Gasteiger partial charge is 0.407 e. The van der Waals surface area contributed by atoms with Gasteiger partial charge in [0.25, 0.3) is 5.69 Å². The molecule has 1 atom stereocenters. The molecule has 130 valence electrons. The predicted molar refractivity (Wildman–Crippen MR) is 90.6 cm³/mol. The Balaban J connectivity index is 2.60. The number of nitro groups is 1. The van der Waals surface area contributed by atoms with E-state index in [0.717, 1.165) is 6.42 Å². The van der Waals surface area contributed by atoms with Gasteiger partial charge in [-0.15, -0.1) is 0 Å². The van der Waals surface area contributed by atoms with E-state index in [1.165, 1.54) is 18.2 Å². The van der Waals surface area contributed by atoms with Gasteiger partial charge in [0, 0.05) is 24.6 Å². The number of nitrogens with zero attached hydrogens (tertiary/aromatic N) is 1. The van der Waals surface area contributed by atoms with Gasteiger partial charge in [0.2, 0.25) is 0 Å². The summed E-state index contributed by atoms with van der Waals surface area (Å²) >= 11 is 0. The average Bonchev–Trinajstić information content (AvgIpc) is 2.53. The second-order valence-corrected chi connectivity index (χ2v) is 5.20. The third-order valence-corrected chi connectivity index (χ3v) is 3.25. The van der Waals surface area contributed by atoms with Crippen molar-refractivity contribution in [3.8, 4) is 0 Å². The van der Waals surface area contributed by atoms with Gasteiger partial charge in [0.15, 0.2) is 5.78 Å². The van der Waals surface area contributed by atoms with Crippen LogP contribution in [0, 0.1) is 10.1 Å². The standard InChI is InChI=1S/C17H22N2O5/c1-3-5-14(18-17(21)24-4-2)12-16(20)11-8-13-6-9-15(10-7-13)19(22)23/h6-11,14H,3-5,12H2,1-2H3,(H,18,21)/b11-8+/t14-/m1/s1. The average molecular weight is 334 g/mol. The summed E-state index contributed by atoms with van der Waals surface area (Å²) in [4.78, 5) is 33.6. The Morgan fingerprint density at radius 1 is 1.29 bits per heavy atom. The first-order valence-corrected chi connectivity index (χ1v) is 7.84. The molecule has 1 rings (SSSR count). The van der Waals surface area contributed by atoms with Crippen molar-refractivity contribution in [2.75, 3.05) is 6.61 Å². The third kappa shape index (κ3) is 7.04. The molecule has 1 N–H and O–H groups in total. The zero-order chi connectivity index (χ0) is 17.9. The third-order valence-electron chi connectivity index (χ3n) is 3.25. The maximum absolute atomic E-state index is 12.0. The van der Waals surface area contributed by atoms with E-state index in [0.29, 0.717) is 12.0 Å². The van der Waals surface area contributed by atoms with E-state index in [1.54, 1.807) is 25.1 Å². The van der Waals surface area contributed by atoms with Crippen LogP contribution in [-0.4, -0.2) is 29.4 Å². The van der Waals surface area contributed by atoms with Crippen LogP contribution in [0.25, 0.3) is 6.08 Å². The van der Waals surface area contributed by atoms with Crippen molar-refractivity contribution in [2.45, 2.75) is 39.2 Å². The van der Waals surface area contributed by atoms with Crippen molar-refractivity contribution in [3.05, 3.63) is 46.0 Å². The molecule has 0 heterocycles. The van der Waals surface area contributed by atoms with Crippen LogP contribution in [0.15, 0.2) is 30.3 Å². The zero-order valence-corrected chi connectivity index (χ0v) is 13.9. The Morgan fingerprint density at radius 3 is 2.50 bits per heavy atom. The van der Waals surface area contributed by atoms with Gasteiger partial charge in [0.05, 0.1) is 11.5 Å². The van der Waals surface area contributed by atoms with E-state index in [-0.39, 0.29) is 30.5 Å². The summed E-state index contributed by atoms with van der Waals surface area (Å²) in [6, 6.07) is 5.63. The van der Waals surface area contributed by atoms with Crippen LogP contribution in [0.4, 0.5) is 10.5 Å². The molecule has 0 aliphatic rings. The molecule has 0 spiro atoms. The Labute approximate surface area is 140 Å². The lowest BCUT2D eigenvalue weighted by Gasteiger charge is -2.16. The van der Waals surface area contributed by atoms with Gasteiger partial charge in [-0.1, -0.05) is 19.4 Å². The SMILES string of the molecule is CCC[C@H](CC(=O)/C=C/c1ccc([N+](=O)[O-])cc1)NC(=O)OCC. The molecule has 0 aliphatic carbocycles. The van der Waals surface area contributed by atoms with Crippen molar-refractivity contribution < 1.29 is 19.2 Å². The minimum atomic E-state index is -0.525. The molecule has 24 heavy (non-hydrogen) atoms. The zero-order valence-electron chi connectivity index (χ0n) is 13.9. The minimum Gasteiger partial charge on any atom is -0.450 e. The number of nitrogens with one attached hydrogen (secondary N) is 1. The van der Waals surface area contributed by atoms with Crippen LogP contribution in [0.1, 0.15) is 38.7 Å². The monoisotopic (exact) mass is 334 g/mol. The first kappa shape index (κ1) is 19.3. The lowest BCUT2D eigenvalue weighted by molar-refractivity contribution is -0.384. The largest absolute Gasteiger partial charge is 0.450 e. The van der Waals surface area contributed by atoms with E-state index in [9.17, 15) is 19.7 Å². The van der Waals surface area contributed by atoms with Gasteiger partial charge < -0.3 is 10.1 Å². The number of carbonyl (C=O) groups is 2. The fourth-order valence-electron chi connectivity index (χ4n) is 2.12. The van der Waals surface area contributed by atoms with E-state index < -0.39 is 11.0 Å². The summed E-state index contributed by atoms with van der Waals surface area (Å²) in [5.74, 6) is -0.136. The number of carbonyl (C=O) groups excluding carboxylic acids is 2. The summed E-state index contributed by atoms with van der Waals surface area (Å²) in [6.45, 7) is 3.96. The highest BCUT2D eigenvalue weighted by molar-refractivity contribution is 5.94. The molecule has 0 bridgehead atoms. The number of ketones is 1. The minimum absolute atomic E-state index is 0.000114. The molecule has 0 radical (unpaired) electrons. The highest BCUT2D eigenvalue weighted by atomic mass is 16.6. The number of allylic oxidation sites excluding steroid dienone is 1. The number of alkyl carbamates (subject to hydrolysis) is 1. The fourth-order valence-corrected chi connectivity index (χ4v) is 2.12. The molecule has 0 aliphatic heterocycles. The maximum atomic E-state index is 12.0. The molecule has 1 aromatic rings. The van der Waals surface area contributed by atoms with Crippen molar-refractivity contribution in [1.29, 1.82) is 0 Å². The molecule has 0 fully saturated rings. The second kappa shape index (κ2) is 10.1. The van der Waals surface area contributed by atoms with E-state index in [2.05, 4.69) is 5.32 Å². The Bertz CT molecular complexity index is 596. The van der Waals surface area contributed by atoms with Crippen molar-refractivity contribution in [2.24, 2.45) is 0 Å². The summed E-state index contributed by atoms with van der Waals surface area (Å²) in [7, 11) is 0. The lowest BCUT2D eigenvalue weighted by atomic mass is 10.0. The normalized spacial score (nSPS) is 11.9. The second-order valence-electron chi connectivity index (χ2n) is 5.20. The molecule has 7 nitrogen and oxygen atoms in total. The van der Waals surface area contributed by atoms with Crippen LogP contribution in [0.5, 0.6) is 0 Å². The van der Waals surface area contributed by atoms with Gasteiger partial charge in [-0.05, 0) is 37.1 Å². The summed E-state index contributed by atoms with van der Waals surface area (Å²) in [5.41, 5.74) is 0.694. The number of amides is 1. The molecule has 1 aromatic carbocycles. The topological polar surface area (TPSA) is 98.5 Å². The van der Waals surface area contributed by atoms with Crippen LogP contribution in [0.3, 0.4) is 0 Å². The summed E-state index contributed by atoms with van der Waals surface area (Å²) in [5, 5.41) is 13.3. The molecular weight excluding hydrogens is 312 g/mol. The van der Waals surface area contributed by atoms with Gasteiger partial charge >= 0.3 is 6.09 Å². The van der Waals surface area contributed by atoms with Crippen LogP contribution in [-0.2, 0) is 9.53 Å². The number of benzene rings is 1. The van der Waals surface area contributed by atoms with Gasteiger partial charge in [-0.2, -0.15) is 0 Å². The van der Waals surface area contributed by atoms with Gasteiger partial charge in [-0.3, -0.25) is 14.9 Å². The number of hydrogen-bond donors (Lipinski definition) is 1. The summed E-state index contributed by atoms with van der Waals surface area (Å²) in [6.07, 6.45) is 4.17. The van der Waals surface area contributed by atoms with Crippen molar-refractivity contribution in [3.63, 3.8) is 0 Å². The Hall–Kier alpha value is -2.70. The van der Waals surface area contributed by atoms with Gasteiger partial charge in [0.1, 0.15) is 0 Å². The molecule has 0 saturated carbocycles. The number of hydrogen-bond acceptors (Lipinski definition) is 5. The van der Waals surface area contributed by atoms with E-state index >= 15 is 0 Å². The molecule has 1 amide bonds. The predicted octanol–water partition coefficient (Wildman–Crippen LogP) is 3.48. The van der Waals surface area contributed by atoms with Crippen LogP contribution in [0.2, 0.25) is 0 Å². The van der Waals surface area contributed by atoms with E-state index in [1.807, 2.05) is 6.92 Å². The Morgan fingerprint density at radius 2 is 1.96 bits per heavy atom. The highest BCUT2D eigenvalue weighted by Crippen LogP contribution is 2.13. The van der Waals surface area contributed by atoms with Crippen molar-refractivity contribution in [1.82, 2.24) is 5.32 Å². The first-order valence-electron chi connectivity index (χ1n) is 7.84. The van der Waals surface area contributed by atoms with Crippen LogP contribution >= 0.6 is 0 Å². The Kier molecular flexibility index (Phi) is 8.18. The lowest BCUT2D eigenvalue weighted by Crippen LogP contribution is -2.36. The first-order chi connectivity index (χ1) is 11.5. The molecular formula is C17H22N2O5. The molecule has 0 saturated heterocycles.